The smallest absolute Gasteiger partial charge is 0.330 e. The average molecular weight is 270 g/mol. The van der Waals surface area contributed by atoms with E-state index < -0.39 is 4.92 Å². The van der Waals surface area contributed by atoms with Crippen LogP contribution in [0.25, 0.3) is 0 Å². The van der Waals surface area contributed by atoms with Crippen LogP contribution in [0.2, 0.25) is 0 Å². The van der Waals surface area contributed by atoms with Crippen LogP contribution >= 0.6 is 0 Å². The number of pyridine rings is 1. The molecule has 0 saturated heterocycles. The van der Waals surface area contributed by atoms with E-state index >= 15 is 0 Å². The van der Waals surface area contributed by atoms with Gasteiger partial charge in [-0.2, -0.15) is 0 Å². The first-order valence-electron chi connectivity index (χ1n) is 6.14. The molecule has 0 aliphatic rings. The molecule has 0 N–H and O–H groups in total. The zero-order valence-corrected chi connectivity index (χ0v) is 11.1. The normalized spacial score (nSPS) is 10.7. The van der Waals surface area contributed by atoms with E-state index in [-0.39, 0.29) is 24.5 Å². The Labute approximate surface area is 111 Å². The van der Waals surface area contributed by atoms with Crippen molar-refractivity contribution in [3.05, 3.63) is 28.4 Å². The van der Waals surface area contributed by atoms with Crippen LogP contribution in [0.5, 0.6) is 5.88 Å². The second-order valence-corrected chi connectivity index (χ2v) is 3.56. The molecule has 0 fully saturated rings. The van der Waals surface area contributed by atoms with Gasteiger partial charge in [0.1, 0.15) is 0 Å². The Hall–Kier alpha value is -1.73. The summed E-state index contributed by atoms with van der Waals surface area (Å²) in [5.74, 6) is 0.0132. The fourth-order valence-electron chi connectivity index (χ4n) is 1.47. The van der Waals surface area contributed by atoms with Crippen LogP contribution in [-0.4, -0.2) is 36.0 Å². The predicted octanol–water partition coefficient (Wildman–Crippen LogP) is 2.16. The van der Waals surface area contributed by atoms with E-state index in [1.807, 2.05) is 13.8 Å². The largest absolute Gasteiger partial charge is 0.473 e. The van der Waals surface area contributed by atoms with Crippen LogP contribution in [0.3, 0.4) is 0 Å². The quantitative estimate of drug-likeness (QED) is 0.388. The van der Waals surface area contributed by atoms with Crippen molar-refractivity contribution in [1.82, 2.24) is 4.98 Å². The van der Waals surface area contributed by atoms with Gasteiger partial charge in [-0.05, 0) is 19.9 Å². The van der Waals surface area contributed by atoms with Gasteiger partial charge in [0.05, 0.1) is 11.5 Å². The Bertz CT molecular complexity index is 393. The van der Waals surface area contributed by atoms with Crippen molar-refractivity contribution in [2.75, 3.05) is 19.8 Å². The molecule has 0 amide bonds. The van der Waals surface area contributed by atoms with Gasteiger partial charge in [-0.3, -0.25) is 10.1 Å². The maximum Gasteiger partial charge on any atom is 0.330 e. The van der Waals surface area contributed by atoms with E-state index in [1.165, 1.54) is 18.3 Å². The lowest BCUT2D eigenvalue weighted by Crippen LogP contribution is -2.20. The van der Waals surface area contributed by atoms with Crippen molar-refractivity contribution in [1.29, 1.82) is 0 Å². The van der Waals surface area contributed by atoms with Crippen LogP contribution in [0, 0.1) is 10.1 Å². The van der Waals surface area contributed by atoms with Gasteiger partial charge in [-0.15, -0.1) is 0 Å². The number of nitro groups is 1. The number of hydrogen-bond acceptors (Lipinski definition) is 6. The Kier molecular flexibility index (Phi) is 6.76. The molecule has 1 heterocycles. The highest BCUT2D eigenvalue weighted by Gasteiger charge is 2.16. The van der Waals surface area contributed by atoms with Crippen molar-refractivity contribution >= 4 is 5.69 Å². The Morgan fingerprint density at radius 3 is 2.63 bits per heavy atom. The van der Waals surface area contributed by atoms with Crippen LogP contribution in [0.15, 0.2) is 18.3 Å². The molecule has 0 spiro atoms. The summed E-state index contributed by atoms with van der Waals surface area (Å²) < 4.78 is 16.0. The third kappa shape index (κ3) is 5.19. The maximum absolute atomic E-state index is 10.8. The molecule has 1 aromatic rings. The summed E-state index contributed by atoms with van der Waals surface area (Å²) in [6.07, 6.45) is 1.57. The molecule has 106 valence electrons. The van der Waals surface area contributed by atoms with E-state index in [1.54, 1.807) is 0 Å². The summed E-state index contributed by atoms with van der Waals surface area (Å²) in [4.78, 5) is 14.1. The number of ether oxygens (including phenoxy) is 3. The third-order valence-corrected chi connectivity index (χ3v) is 2.25. The summed E-state index contributed by atoms with van der Waals surface area (Å²) in [5, 5.41) is 10.8. The summed E-state index contributed by atoms with van der Waals surface area (Å²) in [6.45, 7) is 5.05. The SMILES string of the molecule is CCOC(CCOc1ncccc1[N+](=O)[O-])OCC. The summed E-state index contributed by atoms with van der Waals surface area (Å²) in [6, 6.07) is 2.85. The van der Waals surface area contributed by atoms with Gasteiger partial charge >= 0.3 is 5.69 Å². The second kappa shape index (κ2) is 8.39. The molecule has 1 aromatic heterocycles. The topological polar surface area (TPSA) is 83.7 Å². The van der Waals surface area contributed by atoms with Gasteiger partial charge in [0.25, 0.3) is 5.88 Å². The van der Waals surface area contributed by atoms with Gasteiger partial charge in [0.15, 0.2) is 6.29 Å². The lowest BCUT2D eigenvalue weighted by molar-refractivity contribution is -0.386. The minimum absolute atomic E-state index is 0.0132. The van der Waals surface area contributed by atoms with Crippen LogP contribution in [0.1, 0.15) is 20.3 Å². The standard InChI is InChI=1S/C12H18N2O5/c1-3-17-11(18-4-2)7-9-19-12-10(14(15)16)6-5-8-13-12/h5-6,8,11H,3-4,7,9H2,1-2H3. The van der Waals surface area contributed by atoms with Crippen LogP contribution in [0.4, 0.5) is 5.69 Å². The summed E-state index contributed by atoms with van der Waals surface area (Å²) in [7, 11) is 0. The molecule has 0 aliphatic carbocycles. The molecule has 0 saturated carbocycles. The van der Waals surface area contributed by atoms with Gasteiger partial charge < -0.3 is 14.2 Å². The van der Waals surface area contributed by atoms with Crippen LogP contribution < -0.4 is 4.74 Å². The van der Waals surface area contributed by atoms with Crippen LogP contribution in [-0.2, 0) is 9.47 Å². The molecule has 7 nitrogen and oxygen atoms in total. The van der Waals surface area contributed by atoms with Crippen molar-refractivity contribution in [2.45, 2.75) is 26.6 Å². The van der Waals surface area contributed by atoms with E-state index in [0.29, 0.717) is 19.6 Å². The number of rotatable bonds is 9. The Morgan fingerprint density at radius 1 is 1.37 bits per heavy atom. The molecular weight excluding hydrogens is 252 g/mol. The highest BCUT2D eigenvalue weighted by Crippen LogP contribution is 2.22. The number of aromatic nitrogens is 1. The van der Waals surface area contributed by atoms with Gasteiger partial charge in [0, 0.05) is 31.9 Å². The monoisotopic (exact) mass is 270 g/mol. The molecule has 1 rings (SSSR count). The molecule has 0 unspecified atom stereocenters. The van der Waals surface area contributed by atoms with Crippen molar-refractivity contribution in [3.63, 3.8) is 0 Å². The number of hydrogen-bond donors (Lipinski definition) is 0. The summed E-state index contributed by atoms with van der Waals surface area (Å²) >= 11 is 0. The second-order valence-electron chi connectivity index (χ2n) is 3.56. The molecule has 0 aromatic carbocycles. The first kappa shape index (κ1) is 15.3. The fraction of sp³-hybridized carbons (Fsp3) is 0.583. The zero-order chi connectivity index (χ0) is 14.1. The lowest BCUT2D eigenvalue weighted by atomic mass is 10.4. The predicted molar refractivity (Wildman–Crippen MR) is 68.0 cm³/mol. The molecule has 19 heavy (non-hydrogen) atoms. The van der Waals surface area contributed by atoms with E-state index in [0.717, 1.165) is 0 Å². The highest BCUT2D eigenvalue weighted by atomic mass is 16.7. The first-order valence-corrected chi connectivity index (χ1v) is 6.14. The fourth-order valence-corrected chi connectivity index (χ4v) is 1.47. The van der Waals surface area contributed by atoms with Crippen molar-refractivity contribution < 1.29 is 19.1 Å². The van der Waals surface area contributed by atoms with Gasteiger partial charge in [-0.25, -0.2) is 4.98 Å². The minimum atomic E-state index is -0.523. The molecular formula is C12H18N2O5. The maximum atomic E-state index is 10.8. The van der Waals surface area contributed by atoms with Gasteiger partial charge in [-0.1, -0.05) is 0 Å². The lowest BCUT2D eigenvalue weighted by Gasteiger charge is -2.16. The molecule has 0 bridgehead atoms. The average Bonchev–Trinajstić information content (AvgIpc) is 2.39. The molecule has 0 atom stereocenters. The number of nitrogens with zero attached hydrogens (tertiary/aromatic N) is 2. The Morgan fingerprint density at radius 2 is 2.05 bits per heavy atom. The van der Waals surface area contributed by atoms with E-state index in [4.69, 9.17) is 14.2 Å². The minimum Gasteiger partial charge on any atom is -0.473 e. The molecule has 0 radical (unpaired) electrons. The van der Waals surface area contributed by atoms with Crippen molar-refractivity contribution in [3.8, 4) is 5.88 Å². The van der Waals surface area contributed by atoms with E-state index in [9.17, 15) is 10.1 Å². The molecule has 0 aliphatic heterocycles. The Balaban J connectivity index is 2.50. The highest BCUT2D eigenvalue weighted by molar-refractivity contribution is 5.39. The first-order chi connectivity index (χ1) is 9.19. The van der Waals surface area contributed by atoms with E-state index in [2.05, 4.69) is 4.98 Å². The third-order valence-electron chi connectivity index (χ3n) is 2.25. The van der Waals surface area contributed by atoms with Crippen molar-refractivity contribution in [2.24, 2.45) is 0 Å². The summed E-state index contributed by atoms with van der Waals surface area (Å²) in [5.41, 5.74) is -0.146. The van der Waals surface area contributed by atoms with Gasteiger partial charge in [0.2, 0.25) is 0 Å². The molecule has 7 heteroatoms. The zero-order valence-electron chi connectivity index (χ0n) is 11.1.